The van der Waals surface area contributed by atoms with Crippen molar-refractivity contribution in [3.63, 3.8) is 0 Å². The van der Waals surface area contributed by atoms with Gasteiger partial charge in [0.05, 0.1) is 0 Å². The summed E-state index contributed by atoms with van der Waals surface area (Å²) in [6, 6.07) is 10.4. The molecule has 3 nitrogen and oxygen atoms in total. The van der Waals surface area contributed by atoms with E-state index in [1.807, 2.05) is 0 Å². The molecular weight excluding hydrogens is 270 g/mol. The van der Waals surface area contributed by atoms with Gasteiger partial charge in [0.15, 0.2) is 0 Å². The minimum Gasteiger partial charge on any atom is -0.310 e. The topological polar surface area (TPSA) is 18.5 Å². The van der Waals surface area contributed by atoms with Crippen LogP contribution in [0, 0.1) is 6.92 Å². The van der Waals surface area contributed by atoms with Gasteiger partial charge in [-0.05, 0) is 45.2 Å². The lowest BCUT2D eigenvalue weighted by atomic mass is 9.75. The summed E-state index contributed by atoms with van der Waals surface area (Å²) >= 11 is 0. The number of nitrogens with zero attached hydrogens (tertiary/aromatic N) is 2. The third-order valence-corrected chi connectivity index (χ3v) is 5.30. The highest BCUT2D eigenvalue weighted by molar-refractivity contribution is 5.27. The van der Waals surface area contributed by atoms with Crippen molar-refractivity contribution in [3.8, 4) is 0 Å². The Hall–Kier alpha value is -0.900. The number of benzene rings is 1. The van der Waals surface area contributed by atoms with E-state index in [2.05, 4.69) is 60.3 Å². The summed E-state index contributed by atoms with van der Waals surface area (Å²) in [7, 11) is 2.22. The molecule has 0 bridgehead atoms. The van der Waals surface area contributed by atoms with E-state index >= 15 is 0 Å². The molecule has 2 aliphatic rings. The van der Waals surface area contributed by atoms with Crippen molar-refractivity contribution in [2.45, 2.75) is 44.7 Å². The third kappa shape index (κ3) is 4.09. The summed E-state index contributed by atoms with van der Waals surface area (Å²) in [6.45, 7) is 10.6. The normalized spacial score (nSPS) is 28.3. The second kappa shape index (κ2) is 7.12. The zero-order valence-corrected chi connectivity index (χ0v) is 14.4. The van der Waals surface area contributed by atoms with Crippen LogP contribution in [-0.4, -0.2) is 61.7 Å². The lowest BCUT2D eigenvalue weighted by Gasteiger charge is -2.40. The molecule has 1 aliphatic carbocycles. The largest absolute Gasteiger partial charge is 0.310 e. The molecule has 3 rings (SSSR count). The van der Waals surface area contributed by atoms with E-state index in [9.17, 15) is 0 Å². The lowest BCUT2D eigenvalue weighted by Crippen LogP contribution is -2.52. The van der Waals surface area contributed by atoms with E-state index in [0.29, 0.717) is 12.1 Å². The van der Waals surface area contributed by atoms with Crippen LogP contribution in [-0.2, 0) is 0 Å². The summed E-state index contributed by atoms with van der Waals surface area (Å²) in [4.78, 5) is 5.03. The van der Waals surface area contributed by atoms with E-state index in [0.717, 1.165) is 5.92 Å². The number of piperazine rings is 1. The number of aryl methyl sites for hydroxylation is 1. The summed E-state index contributed by atoms with van der Waals surface area (Å²) in [6.07, 6.45) is 2.60. The predicted octanol–water partition coefficient (Wildman–Crippen LogP) is 2.47. The number of hydrogen-bond donors (Lipinski definition) is 1. The van der Waals surface area contributed by atoms with Crippen molar-refractivity contribution in [2.75, 3.05) is 39.8 Å². The van der Waals surface area contributed by atoms with Gasteiger partial charge in [-0.25, -0.2) is 0 Å². The summed E-state index contributed by atoms with van der Waals surface area (Å²) in [5, 5.41) is 3.83. The van der Waals surface area contributed by atoms with Crippen molar-refractivity contribution >= 4 is 0 Å². The summed E-state index contributed by atoms with van der Waals surface area (Å²) in [5.74, 6) is 0.772. The zero-order chi connectivity index (χ0) is 15.5. The van der Waals surface area contributed by atoms with Gasteiger partial charge in [-0.2, -0.15) is 0 Å². The first-order valence-electron chi connectivity index (χ1n) is 8.83. The lowest BCUT2D eigenvalue weighted by molar-refractivity contribution is 0.137. The standard InChI is InChI=1S/C19H31N3/c1-15-5-4-6-17(11-15)18-12-19(13-18)20-16(2)14-22-9-7-21(3)8-10-22/h4-6,11,16,18-20H,7-10,12-14H2,1-3H3. The molecule has 22 heavy (non-hydrogen) atoms. The number of likely N-dealkylation sites (N-methyl/N-ethyl adjacent to an activating group) is 1. The number of rotatable bonds is 5. The van der Waals surface area contributed by atoms with Gasteiger partial charge in [-0.1, -0.05) is 29.8 Å². The molecule has 1 aliphatic heterocycles. The molecule has 0 amide bonds. The Morgan fingerprint density at radius 2 is 1.91 bits per heavy atom. The van der Waals surface area contributed by atoms with Crippen LogP contribution in [0.25, 0.3) is 0 Å². The van der Waals surface area contributed by atoms with Crippen molar-refractivity contribution in [2.24, 2.45) is 0 Å². The molecule has 1 N–H and O–H groups in total. The molecule has 1 saturated heterocycles. The van der Waals surface area contributed by atoms with Crippen LogP contribution < -0.4 is 5.32 Å². The fraction of sp³-hybridized carbons (Fsp3) is 0.684. The van der Waals surface area contributed by atoms with Gasteiger partial charge < -0.3 is 10.2 Å². The van der Waals surface area contributed by atoms with E-state index in [1.165, 1.54) is 56.7 Å². The molecule has 2 fully saturated rings. The molecule has 1 atom stereocenters. The quantitative estimate of drug-likeness (QED) is 0.901. The van der Waals surface area contributed by atoms with Gasteiger partial charge in [0.1, 0.15) is 0 Å². The maximum atomic E-state index is 3.83. The van der Waals surface area contributed by atoms with Crippen molar-refractivity contribution < 1.29 is 0 Å². The van der Waals surface area contributed by atoms with Gasteiger partial charge >= 0.3 is 0 Å². The predicted molar refractivity (Wildman–Crippen MR) is 93.5 cm³/mol. The van der Waals surface area contributed by atoms with Crippen molar-refractivity contribution in [3.05, 3.63) is 35.4 Å². The average Bonchev–Trinajstić information content (AvgIpc) is 2.45. The molecular formula is C19H31N3. The molecule has 1 aromatic rings. The third-order valence-electron chi connectivity index (χ3n) is 5.30. The molecule has 1 heterocycles. The second-order valence-electron chi connectivity index (χ2n) is 7.45. The number of nitrogens with one attached hydrogen (secondary N) is 1. The first-order valence-corrected chi connectivity index (χ1v) is 8.83. The van der Waals surface area contributed by atoms with Crippen LogP contribution in [0.15, 0.2) is 24.3 Å². The first kappa shape index (κ1) is 16.0. The fourth-order valence-corrected chi connectivity index (χ4v) is 3.82. The van der Waals surface area contributed by atoms with Crippen LogP contribution in [0.2, 0.25) is 0 Å². The summed E-state index contributed by atoms with van der Waals surface area (Å²) in [5.41, 5.74) is 2.92. The first-order chi connectivity index (χ1) is 10.6. The van der Waals surface area contributed by atoms with Crippen molar-refractivity contribution in [1.29, 1.82) is 0 Å². The highest BCUT2D eigenvalue weighted by Gasteiger charge is 2.31. The molecule has 0 spiro atoms. The Morgan fingerprint density at radius 1 is 1.18 bits per heavy atom. The minimum atomic E-state index is 0.604. The second-order valence-corrected chi connectivity index (χ2v) is 7.45. The molecule has 1 unspecified atom stereocenters. The smallest absolute Gasteiger partial charge is 0.0169 e. The van der Waals surface area contributed by atoms with Gasteiger partial charge in [-0.15, -0.1) is 0 Å². The average molecular weight is 301 g/mol. The van der Waals surface area contributed by atoms with Crippen LogP contribution >= 0.6 is 0 Å². The van der Waals surface area contributed by atoms with Crippen LogP contribution in [0.4, 0.5) is 0 Å². The molecule has 3 heteroatoms. The Morgan fingerprint density at radius 3 is 2.59 bits per heavy atom. The number of hydrogen-bond acceptors (Lipinski definition) is 3. The van der Waals surface area contributed by atoms with Crippen LogP contribution in [0.5, 0.6) is 0 Å². The Bertz CT molecular complexity index is 473. The van der Waals surface area contributed by atoms with E-state index in [1.54, 1.807) is 0 Å². The molecule has 122 valence electrons. The van der Waals surface area contributed by atoms with Gasteiger partial charge in [0, 0.05) is 44.8 Å². The minimum absolute atomic E-state index is 0.604. The highest BCUT2D eigenvalue weighted by atomic mass is 15.3. The Labute approximate surface area is 135 Å². The van der Waals surface area contributed by atoms with Crippen LogP contribution in [0.3, 0.4) is 0 Å². The van der Waals surface area contributed by atoms with Gasteiger partial charge in [-0.3, -0.25) is 4.90 Å². The zero-order valence-electron chi connectivity index (χ0n) is 14.4. The molecule has 1 aromatic carbocycles. The Kier molecular flexibility index (Phi) is 5.17. The van der Waals surface area contributed by atoms with Crippen LogP contribution in [0.1, 0.15) is 36.8 Å². The van der Waals surface area contributed by atoms with Gasteiger partial charge in [0.2, 0.25) is 0 Å². The van der Waals surface area contributed by atoms with E-state index < -0.39 is 0 Å². The maximum Gasteiger partial charge on any atom is 0.0169 e. The van der Waals surface area contributed by atoms with Gasteiger partial charge in [0.25, 0.3) is 0 Å². The maximum absolute atomic E-state index is 3.83. The van der Waals surface area contributed by atoms with Crippen molar-refractivity contribution in [1.82, 2.24) is 15.1 Å². The van der Waals surface area contributed by atoms with E-state index in [-0.39, 0.29) is 0 Å². The fourth-order valence-electron chi connectivity index (χ4n) is 3.82. The molecule has 1 saturated carbocycles. The highest BCUT2D eigenvalue weighted by Crippen LogP contribution is 2.37. The Balaban J connectivity index is 1.38. The van der Waals surface area contributed by atoms with E-state index in [4.69, 9.17) is 0 Å². The SMILES string of the molecule is Cc1cccc(C2CC(NC(C)CN3CCN(C)CC3)C2)c1. The molecule has 0 aromatic heterocycles. The molecule has 0 radical (unpaired) electrons. The summed E-state index contributed by atoms with van der Waals surface area (Å²) < 4.78 is 0. The monoisotopic (exact) mass is 301 g/mol.